The molecule has 0 unspecified atom stereocenters. The zero-order valence-electron chi connectivity index (χ0n) is 8.46. The predicted molar refractivity (Wildman–Crippen MR) is 51.3 cm³/mol. The lowest BCUT2D eigenvalue weighted by atomic mass is 10.2. The van der Waals surface area contributed by atoms with Crippen LogP contribution in [0, 0.1) is 6.92 Å². The van der Waals surface area contributed by atoms with Crippen LogP contribution in [0.1, 0.15) is 44.6 Å². The van der Waals surface area contributed by atoms with Crippen LogP contribution in [0.4, 0.5) is 0 Å². The van der Waals surface area contributed by atoms with E-state index in [1.165, 1.54) is 17.8 Å². The average molecular weight is 166 g/mol. The average Bonchev–Trinajstić information content (AvgIpc) is 2.34. The van der Waals surface area contributed by atoms with Gasteiger partial charge >= 0.3 is 0 Å². The van der Waals surface area contributed by atoms with Crippen LogP contribution >= 0.6 is 0 Å². The molecule has 0 amide bonds. The summed E-state index contributed by atoms with van der Waals surface area (Å²) in [5, 5.41) is 0. The van der Waals surface area contributed by atoms with Crippen LogP contribution < -0.4 is 0 Å². The third kappa shape index (κ3) is 1.68. The Hall–Kier alpha value is -0.790. The molecule has 0 spiro atoms. The molecule has 12 heavy (non-hydrogen) atoms. The van der Waals surface area contributed by atoms with Crippen molar-refractivity contribution in [1.29, 1.82) is 0 Å². The Balaban J connectivity index is 2.95. The zero-order valence-corrected chi connectivity index (χ0v) is 8.46. The van der Waals surface area contributed by atoms with Gasteiger partial charge in [-0.2, -0.15) is 0 Å². The number of aryl methyl sites for hydroxylation is 1. The van der Waals surface area contributed by atoms with Crippen molar-refractivity contribution in [2.75, 3.05) is 0 Å². The highest BCUT2D eigenvalue weighted by Crippen LogP contribution is 2.14. The fraction of sp³-hybridized carbons (Fsp3) is 0.700. The summed E-state index contributed by atoms with van der Waals surface area (Å²) in [6.07, 6.45) is 4.29. The maximum absolute atomic E-state index is 4.32. The highest BCUT2D eigenvalue weighted by molar-refractivity contribution is 5.12. The number of hydrogen-bond donors (Lipinski definition) is 0. The quantitative estimate of drug-likeness (QED) is 0.675. The van der Waals surface area contributed by atoms with Gasteiger partial charge in [0.1, 0.15) is 0 Å². The summed E-state index contributed by atoms with van der Waals surface area (Å²) in [5.74, 6) is 0. The Kier molecular flexibility index (Phi) is 2.90. The first-order valence-electron chi connectivity index (χ1n) is 4.69. The summed E-state index contributed by atoms with van der Waals surface area (Å²) in [6.45, 7) is 8.68. The molecule has 2 heteroatoms. The fourth-order valence-electron chi connectivity index (χ4n) is 1.47. The monoisotopic (exact) mass is 166 g/mol. The summed E-state index contributed by atoms with van der Waals surface area (Å²) in [7, 11) is 0. The Morgan fingerprint density at radius 2 is 2.17 bits per heavy atom. The lowest BCUT2D eigenvalue weighted by Gasteiger charge is -2.11. The molecule has 0 saturated carbocycles. The third-order valence-electron chi connectivity index (χ3n) is 2.15. The molecular formula is C10H18N2. The van der Waals surface area contributed by atoms with Gasteiger partial charge in [0.05, 0.1) is 12.0 Å². The highest BCUT2D eigenvalue weighted by Gasteiger charge is 2.07. The van der Waals surface area contributed by atoms with Crippen LogP contribution in [0.15, 0.2) is 6.33 Å². The van der Waals surface area contributed by atoms with Crippen molar-refractivity contribution >= 4 is 0 Å². The van der Waals surface area contributed by atoms with Gasteiger partial charge in [-0.05, 0) is 27.2 Å². The molecule has 1 aromatic heterocycles. The van der Waals surface area contributed by atoms with Crippen molar-refractivity contribution in [1.82, 2.24) is 9.55 Å². The minimum atomic E-state index is 0.535. The Morgan fingerprint density at radius 1 is 1.50 bits per heavy atom. The summed E-state index contributed by atoms with van der Waals surface area (Å²) in [4.78, 5) is 4.32. The van der Waals surface area contributed by atoms with Gasteiger partial charge in [-0.1, -0.05) is 13.3 Å². The molecule has 0 fully saturated rings. The van der Waals surface area contributed by atoms with Crippen molar-refractivity contribution in [2.45, 2.75) is 46.6 Å². The zero-order chi connectivity index (χ0) is 9.14. The lowest BCUT2D eigenvalue weighted by molar-refractivity contribution is 0.569. The van der Waals surface area contributed by atoms with Gasteiger partial charge < -0.3 is 4.57 Å². The van der Waals surface area contributed by atoms with E-state index >= 15 is 0 Å². The van der Waals surface area contributed by atoms with Gasteiger partial charge in [0, 0.05) is 11.7 Å². The Morgan fingerprint density at radius 3 is 2.67 bits per heavy atom. The fourth-order valence-corrected chi connectivity index (χ4v) is 1.47. The van der Waals surface area contributed by atoms with Gasteiger partial charge in [-0.15, -0.1) is 0 Å². The second kappa shape index (κ2) is 3.74. The lowest BCUT2D eigenvalue weighted by Crippen LogP contribution is -2.04. The highest BCUT2D eigenvalue weighted by atomic mass is 15.1. The van der Waals surface area contributed by atoms with E-state index in [9.17, 15) is 0 Å². The molecule has 0 aliphatic heterocycles. The minimum Gasteiger partial charge on any atom is -0.332 e. The van der Waals surface area contributed by atoms with Crippen molar-refractivity contribution in [3.63, 3.8) is 0 Å². The summed E-state index contributed by atoms with van der Waals surface area (Å²) < 4.78 is 2.26. The molecule has 0 saturated heterocycles. The molecule has 68 valence electrons. The number of rotatable bonds is 3. The molecule has 0 atom stereocenters. The Bertz CT molecular complexity index is 248. The van der Waals surface area contributed by atoms with Crippen molar-refractivity contribution in [3.05, 3.63) is 17.7 Å². The largest absolute Gasteiger partial charge is 0.332 e. The summed E-state index contributed by atoms with van der Waals surface area (Å²) >= 11 is 0. The van der Waals surface area contributed by atoms with E-state index in [0.717, 1.165) is 6.42 Å². The molecule has 2 nitrogen and oxygen atoms in total. The molecule has 0 aliphatic rings. The second-order valence-electron chi connectivity index (χ2n) is 3.53. The van der Waals surface area contributed by atoms with Crippen LogP contribution in [0.2, 0.25) is 0 Å². The van der Waals surface area contributed by atoms with Crippen molar-refractivity contribution in [3.8, 4) is 0 Å². The summed E-state index contributed by atoms with van der Waals surface area (Å²) in [5.41, 5.74) is 2.58. The molecule has 0 aromatic carbocycles. The predicted octanol–water partition coefficient (Wildman–Crippen LogP) is 2.72. The van der Waals surface area contributed by atoms with Crippen LogP contribution in [0.25, 0.3) is 0 Å². The number of nitrogens with zero attached hydrogens (tertiary/aromatic N) is 2. The van der Waals surface area contributed by atoms with E-state index in [1.807, 2.05) is 6.33 Å². The minimum absolute atomic E-state index is 0.535. The normalized spacial score (nSPS) is 11.1. The van der Waals surface area contributed by atoms with E-state index in [1.54, 1.807) is 0 Å². The van der Waals surface area contributed by atoms with Crippen molar-refractivity contribution < 1.29 is 0 Å². The maximum Gasteiger partial charge on any atom is 0.0953 e. The van der Waals surface area contributed by atoms with Gasteiger partial charge in [0.25, 0.3) is 0 Å². The van der Waals surface area contributed by atoms with E-state index in [-0.39, 0.29) is 0 Å². The SMILES string of the molecule is CCCc1c(C)ncn1C(C)C. The van der Waals surface area contributed by atoms with Gasteiger partial charge in [0.2, 0.25) is 0 Å². The van der Waals surface area contributed by atoms with Crippen LogP contribution in [0.3, 0.4) is 0 Å². The third-order valence-corrected chi connectivity index (χ3v) is 2.15. The first-order valence-corrected chi connectivity index (χ1v) is 4.69. The molecular weight excluding hydrogens is 148 g/mol. The van der Waals surface area contributed by atoms with Crippen molar-refractivity contribution in [2.24, 2.45) is 0 Å². The molecule has 1 rings (SSSR count). The van der Waals surface area contributed by atoms with Crippen LogP contribution in [-0.4, -0.2) is 9.55 Å². The molecule has 0 aliphatic carbocycles. The van der Waals surface area contributed by atoms with Crippen LogP contribution in [0.5, 0.6) is 0 Å². The van der Waals surface area contributed by atoms with E-state index < -0.39 is 0 Å². The molecule has 0 bridgehead atoms. The van der Waals surface area contributed by atoms with E-state index in [2.05, 4.69) is 37.2 Å². The van der Waals surface area contributed by atoms with Crippen LogP contribution in [-0.2, 0) is 6.42 Å². The number of aromatic nitrogens is 2. The smallest absolute Gasteiger partial charge is 0.0953 e. The number of hydrogen-bond acceptors (Lipinski definition) is 1. The molecule has 0 N–H and O–H groups in total. The summed E-state index contributed by atoms with van der Waals surface area (Å²) in [6, 6.07) is 0.535. The second-order valence-corrected chi connectivity index (χ2v) is 3.53. The van der Waals surface area contributed by atoms with E-state index in [4.69, 9.17) is 0 Å². The molecule has 0 radical (unpaired) electrons. The topological polar surface area (TPSA) is 17.8 Å². The first kappa shape index (κ1) is 9.30. The van der Waals surface area contributed by atoms with Gasteiger partial charge in [-0.25, -0.2) is 4.98 Å². The first-order chi connectivity index (χ1) is 5.66. The number of imidazole rings is 1. The van der Waals surface area contributed by atoms with E-state index in [0.29, 0.717) is 6.04 Å². The molecule has 1 aromatic rings. The molecule has 1 heterocycles. The van der Waals surface area contributed by atoms with Gasteiger partial charge in [-0.3, -0.25) is 0 Å². The Labute approximate surface area is 74.6 Å². The maximum atomic E-state index is 4.32. The standard InChI is InChI=1S/C10H18N2/c1-5-6-10-9(4)11-7-12(10)8(2)3/h7-8H,5-6H2,1-4H3. The van der Waals surface area contributed by atoms with Gasteiger partial charge in [0.15, 0.2) is 0 Å².